The van der Waals surface area contributed by atoms with Gasteiger partial charge in [0.25, 0.3) is 0 Å². The SMILES string of the molecule is CCCCCCCCCCCOc1ccc(-c2ccc(C(=O)Oc3ccc(C(=O)OC(CCCCOC)C(F)(F)F)c(F)c3)cc2)cc1. The molecule has 0 saturated heterocycles. The summed E-state index contributed by atoms with van der Waals surface area (Å²) in [5.41, 5.74) is 1.29. The number of carbonyl (C=O) groups is 2. The molecule has 0 saturated carbocycles. The van der Waals surface area contributed by atoms with E-state index in [0.29, 0.717) is 13.0 Å². The summed E-state index contributed by atoms with van der Waals surface area (Å²) >= 11 is 0. The van der Waals surface area contributed by atoms with Crippen molar-refractivity contribution < 1.29 is 46.1 Å². The fourth-order valence-electron chi connectivity index (χ4n) is 5.09. The van der Waals surface area contributed by atoms with Gasteiger partial charge >= 0.3 is 18.1 Å². The second-order valence-electron chi connectivity index (χ2n) is 11.7. The van der Waals surface area contributed by atoms with Crippen LogP contribution in [-0.2, 0) is 9.47 Å². The highest BCUT2D eigenvalue weighted by Gasteiger charge is 2.42. The van der Waals surface area contributed by atoms with E-state index < -0.39 is 42.0 Å². The first-order valence-corrected chi connectivity index (χ1v) is 16.7. The van der Waals surface area contributed by atoms with Gasteiger partial charge in [-0.3, -0.25) is 0 Å². The topological polar surface area (TPSA) is 71.1 Å². The third kappa shape index (κ3) is 13.3. The lowest BCUT2D eigenvalue weighted by atomic mass is 10.0. The molecule has 0 aliphatic heterocycles. The standard InChI is InChI=1S/C38H46F4O6/c1-3-4-5-6-7-8-9-10-12-26-46-31-21-19-29(20-22-31)28-15-17-30(18-16-28)36(43)47-32-23-24-33(34(39)27-32)37(44)48-35(38(40,41)42)14-11-13-25-45-2/h15-24,27,35H,3-14,25-26H2,1-2H3. The summed E-state index contributed by atoms with van der Waals surface area (Å²) in [6, 6.07) is 17.1. The van der Waals surface area contributed by atoms with Gasteiger partial charge in [-0.05, 0) is 73.2 Å². The predicted octanol–water partition coefficient (Wildman–Crippen LogP) is 10.5. The van der Waals surface area contributed by atoms with Crippen LogP contribution in [0.4, 0.5) is 17.6 Å². The van der Waals surface area contributed by atoms with E-state index in [4.69, 9.17) is 14.2 Å². The van der Waals surface area contributed by atoms with Gasteiger partial charge in [0.2, 0.25) is 0 Å². The molecule has 0 fully saturated rings. The fraction of sp³-hybridized carbons (Fsp3) is 0.474. The van der Waals surface area contributed by atoms with Crippen LogP contribution >= 0.6 is 0 Å². The molecule has 3 rings (SSSR count). The van der Waals surface area contributed by atoms with Crippen LogP contribution in [-0.4, -0.2) is 44.5 Å². The minimum absolute atomic E-state index is 0.102. The maximum absolute atomic E-state index is 14.7. The monoisotopic (exact) mass is 674 g/mol. The highest BCUT2D eigenvalue weighted by Crippen LogP contribution is 2.29. The lowest BCUT2D eigenvalue weighted by molar-refractivity contribution is -0.206. The van der Waals surface area contributed by atoms with Crippen LogP contribution in [0.15, 0.2) is 66.7 Å². The Labute approximate surface area is 280 Å². The van der Waals surface area contributed by atoms with Gasteiger partial charge in [-0.1, -0.05) is 82.6 Å². The van der Waals surface area contributed by atoms with Crippen LogP contribution < -0.4 is 9.47 Å². The third-order valence-electron chi connectivity index (χ3n) is 7.88. The maximum atomic E-state index is 14.7. The zero-order valence-electron chi connectivity index (χ0n) is 27.8. The fourth-order valence-corrected chi connectivity index (χ4v) is 5.09. The number of carbonyl (C=O) groups excluding carboxylic acids is 2. The Bertz CT molecular complexity index is 1390. The summed E-state index contributed by atoms with van der Waals surface area (Å²) in [6.45, 7) is 3.17. The number of alkyl halides is 3. The number of benzene rings is 3. The summed E-state index contributed by atoms with van der Waals surface area (Å²) in [6.07, 6.45) is 4.07. The number of unbranched alkanes of at least 4 members (excludes halogenated alkanes) is 9. The van der Waals surface area contributed by atoms with Gasteiger partial charge < -0.3 is 18.9 Å². The Morgan fingerprint density at radius 2 is 1.25 bits per heavy atom. The predicted molar refractivity (Wildman–Crippen MR) is 177 cm³/mol. The molecule has 0 N–H and O–H groups in total. The molecule has 262 valence electrons. The first-order valence-electron chi connectivity index (χ1n) is 16.7. The van der Waals surface area contributed by atoms with Crippen molar-refractivity contribution in [3.63, 3.8) is 0 Å². The Balaban J connectivity index is 1.47. The second kappa shape index (κ2) is 20.4. The summed E-state index contributed by atoms with van der Waals surface area (Å²) < 4.78 is 75.3. The summed E-state index contributed by atoms with van der Waals surface area (Å²) in [5, 5.41) is 0. The van der Waals surface area contributed by atoms with Gasteiger partial charge in [0, 0.05) is 19.8 Å². The zero-order valence-corrected chi connectivity index (χ0v) is 27.8. The van der Waals surface area contributed by atoms with Gasteiger partial charge in [0.05, 0.1) is 17.7 Å². The Kier molecular flexibility index (Phi) is 16.4. The Hall–Kier alpha value is -3.92. The van der Waals surface area contributed by atoms with E-state index in [-0.39, 0.29) is 24.3 Å². The highest BCUT2D eigenvalue weighted by molar-refractivity contribution is 5.92. The largest absolute Gasteiger partial charge is 0.494 e. The van der Waals surface area contributed by atoms with Crippen LogP contribution in [0.3, 0.4) is 0 Å². The number of rotatable bonds is 21. The van der Waals surface area contributed by atoms with Crippen molar-refractivity contribution in [2.75, 3.05) is 20.3 Å². The molecule has 0 aliphatic rings. The molecule has 0 heterocycles. The molecular weight excluding hydrogens is 628 g/mol. The van der Waals surface area contributed by atoms with Crippen molar-refractivity contribution in [2.24, 2.45) is 0 Å². The molecule has 0 radical (unpaired) electrons. The van der Waals surface area contributed by atoms with E-state index in [1.807, 2.05) is 24.3 Å². The van der Waals surface area contributed by atoms with E-state index in [1.54, 1.807) is 24.3 Å². The van der Waals surface area contributed by atoms with Gasteiger partial charge in [-0.25, -0.2) is 14.0 Å². The molecule has 48 heavy (non-hydrogen) atoms. The molecule has 0 amide bonds. The Morgan fingerprint density at radius 1 is 0.688 bits per heavy atom. The van der Waals surface area contributed by atoms with E-state index in [9.17, 15) is 27.2 Å². The molecule has 0 aromatic heterocycles. The lowest BCUT2D eigenvalue weighted by Gasteiger charge is -2.21. The van der Waals surface area contributed by atoms with Crippen LogP contribution in [0.2, 0.25) is 0 Å². The minimum atomic E-state index is -4.81. The van der Waals surface area contributed by atoms with Crippen molar-refractivity contribution in [1.82, 2.24) is 0 Å². The maximum Gasteiger partial charge on any atom is 0.425 e. The molecule has 3 aromatic rings. The summed E-state index contributed by atoms with van der Waals surface area (Å²) in [4.78, 5) is 25.0. The third-order valence-corrected chi connectivity index (χ3v) is 7.88. The minimum Gasteiger partial charge on any atom is -0.494 e. The molecule has 10 heteroatoms. The first-order chi connectivity index (χ1) is 23.1. The van der Waals surface area contributed by atoms with Crippen molar-refractivity contribution >= 4 is 11.9 Å². The normalized spacial score (nSPS) is 12.0. The molecule has 0 spiro atoms. The number of hydrogen-bond acceptors (Lipinski definition) is 6. The van der Waals surface area contributed by atoms with E-state index in [1.165, 1.54) is 52.1 Å². The summed E-state index contributed by atoms with van der Waals surface area (Å²) in [7, 11) is 1.43. The van der Waals surface area contributed by atoms with Gasteiger partial charge in [0.15, 0.2) is 6.10 Å². The van der Waals surface area contributed by atoms with Crippen molar-refractivity contribution in [2.45, 2.75) is 96.3 Å². The summed E-state index contributed by atoms with van der Waals surface area (Å²) in [5.74, 6) is -2.84. The van der Waals surface area contributed by atoms with Crippen molar-refractivity contribution in [3.8, 4) is 22.6 Å². The average molecular weight is 675 g/mol. The van der Waals surface area contributed by atoms with Crippen LogP contribution in [0.25, 0.3) is 11.1 Å². The van der Waals surface area contributed by atoms with E-state index >= 15 is 0 Å². The molecule has 1 unspecified atom stereocenters. The number of ether oxygens (including phenoxy) is 4. The molecule has 3 aromatic carbocycles. The molecule has 6 nitrogen and oxygen atoms in total. The van der Waals surface area contributed by atoms with E-state index in [2.05, 4.69) is 11.7 Å². The van der Waals surface area contributed by atoms with Gasteiger partial charge in [-0.2, -0.15) is 13.2 Å². The molecular formula is C38H46F4O6. The number of methoxy groups -OCH3 is 1. The molecule has 1 atom stereocenters. The zero-order chi connectivity index (χ0) is 34.8. The van der Waals surface area contributed by atoms with Gasteiger partial charge in [-0.15, -0.1) is 0 Å². The van der Waals surface area contributed by atoms with Crippen molar-refractivity contribution in [3.05, 3.63) is 83.7 Å². The van der Waals surface area contributed by atoms with Crippen LogP contribution in [0, 0.1) is 5.82 Å². The number of hydrogen-bond donors (Lipinski definition) is 0. The smallest absolute Gasteiger partial charge is 0.425 e. The quantitative estimate of drug-likeness (QED) is 0.0485. The van der Waals surface area contributed by atoms with Crippen LogP contribution in [0.1, 0.15) is 105 Å². The number of halogens is 4. The molecule has 0 bridgehead atoms. The van der Waals surface area contributed by atoms with E-state index in [0.717, 1.165) is 47.9 Å². The highest BCUT2D eigenvalue weighted by atomic mass is 19.4. The first kappa shape index (κ1) is 38.5. The lowest BCUT2D eigenvalue weighted by Crippen LogP contribution is -2.34. The number of esters is 2. The van der Waals surface area contributed by atoms with Crippen LogP contribution in [0.5, 0.6) is 11.5 Å². The second-order valence-corrected chi connectivity index (χ2v) is 11.7. The van der Waals surface area contributed by atoms with Crippen molar-refractivity contribution in [1.29, 1.82) is 0 Å². The molecule has 0 aliphatic carbocycles. The van der Waals surface area contributed by atoms with Gasteiger partial charge in [0.1, 0.15) is 17.3 Å². The Morgan fingerprint density at radius 3 is 1.83 bits per heavy atom. The average Bonchev–Trinajstić information content (AvgIpc) is 3.07.